The number of aryl methyl sites for hydroxylation is 1. The van der Waals surface area contributed by atoms with E-state index in [1.807, 2.05) is 19.1 Å². The van der Waals surface area contributed by atoms with Gasteiger partial charge in [-0.3, -0.25) is 4.98 Å². The first-order valence-corrected chi connectivity index (χ1v) is 6.03. The SMILES string of the molecule is CCC1CC(O)(c2ncccc2C)CCN1. The molecule has 0 spiro atoms. The van der Waals surface area contributed by atoms with Crippen LogP contribution in [0.25, 0.3) is 0 Å². The van der Waals surface area contributed by atoms with Crippen molar-refractivity contribution in [1.82, 2.24) is 10.3 Å². The lowest BCUT2D eigenvalue weighted by atomic mass is 9.82. The van der Waals surface area contributed by atoms with Crippen LogP contribution in [0.15, 0.2) is 18.3 Å². The van der Waals surface area contributed by atoms with Crippen molar-refractivity contribution in [2.24, 2.45) is 0 Å². The zero-order chi connectivity index (χ0) is 11.6. The maximum absolute atomic E-state index is 10.7. The van der Waals surface area contributed by atoms with Gasteiger partial charge in [0.2, 0.25) is 0 Å². The fraction of sp³-hybridized carbons (Fsp3) is 0.615. The summed E-state index contributed by atoms with van der Waals surface area (Å²) >= 11 is 0. The zero-order valence-electron chi connectivity index (χ0n) is 10.0. The second kappa shape index (κ2) is 4.52. The molecule has 1 saturated heterocycles. The molecule has 1 aromatic rings. The van der Waals surface area contributed by atoms with Crippen LogP contribution in [0.3, 0.4) is 0 Å². The largest absolute Gasteiger partial charge is 0.383 e. The zero-order valence-corrected chi connectivity index (χ0v) is 10.0. The Morgan fingerprint density at radius 1 is 1.62 bits per heavy atom. The predicted molar refractivity (Wildman–Crippen MR) is 64.2 cm³/mol. The van der Waals surface area contributed by atoms with Crippen molar-refractivity contribution in [1.29, 1.82) is 0 Å². The lowest BCUT2D eigenvalue weighted by Gasteiger charge is -2.37. The minimum Gasteiger partial charge on any atom is -0.383 e. The highest BCUT2D eigenvalue weighted by Gasteiger charge is 2.37. The van der Waals surface area contributed by atoms with Crippen LogP contribution in [0.5, 0.6) is 0 Å². The van der Waals surface area contributed by atoms with E-state index in [0.717, 1.165) is 37.1 Å². The maximum atomic E-state index is 10.7. The Labute approximate surface area is 96.9 Å². The topological polar surface area (TPSA) is 45.2 Å². The summed E-state index contributed by atoms with van der Waals surface area (Å²) in [5, 5.41) is 14.1. The first-order valence-electron chi connectivity index (χ1n) is 6.03. The van der Waals surface area contributed by atoms with Crippen LogP contribution in [0, 0.1) is 6.92 Å². The first-order chi connectivity index (χ1) is 7.65. The normalized spacial score (nSPS) is 30.3. The Morgan fingerprint density at radius 2 is 2.44 bits per heavy atom. The highest BCUT2D eigenvalue weighted by atomic mass is 16.3. The molecule has 3 heteroatoms. The van der Waals surface area contributed by atoms with Gasteiger partial charge in [-0.1, -0.05) is 13.0 Å². The van der Waals surface area contributed by atoms with Gasteiger partial charge in [0.15, 0.2) is 0 Å². The summed E-state index contributed by atoms with van der Waals surface area (Å²) in [5.74, 6) is 0. The number of hydrogen-bond donors (Lipinski definition) is 2. The molecule has 2 rings (SSSR count). The second-order valence-electron chi connectivity index (χ2n) is 4.71. The first kappa shape index (κ1) is 11.6. The van der Waals surface area contributed by atoms with Crippen LogP contribution >= 0.6 is 0 Å². The molecule has 0 saturated carbocycles. The van der Waals surface area contributed by atoms with E-state index < -0.39 is 5.60 Å². The highest BCUT2D eigenvalue weighted by molar-refractivity contribution is 5.24. The lowest BCUT2D eigenvalue weighted by Crippen LogP contribution is -2.46. The van der Waals surface area contributed by atoms with Crippen molar-refractivity contribution in [3.8, 4) is 0 Å². The number of pyridine rings is 1. The van der Waals surface area contributed by atoms with Crippen molar-refractivity contribution >= 4 is 0 Å². The van der Waals surface area contributed by atoms with Crippen molar-refractivity contribution in [3.05, 3.63) is 29.6 Å². The fourth-order valence-corrected chi connectivity index (χ4v) is 2.54. The van der Waals surface area contributed by atoms with Gasteiger partial charge in [-0.05, 0) is 44.4 Å². The van der Waals surface area contributed by atoms with Crippen LogP contribution in [-0.4, -0.2) is 22.7 Å². The molecule has 2 atom stereocenters. The molecule has 1 aliphatic heterocycles. The van der Waals surface area contributed by atoms with Gasteiger partial charge in [0.25, 0.3) is 0 Å². The molecule has 0 aromatic carbocycles. The third kappa shape index (κ3) is 2.11. The number of aromatic nitrogens is 1. The second-order valence-corrected chi connectivity index (χ2v) is 4.71. The van der Waals surface area contributed by atoms with Crippen LogP contribution in [0.4, 0.5) is 0 Å². The average Bonchev–Trinajstić information content (AvgIpc) is 2.29. The Balaban J connectivity index is 2.27. The molecule has 3 nitrogen and oxygen atoms in total. The maximum Gasteiger partial charge on any atom is 0.109 e. The fourth-order valence-electron chi connectivity index (χ4n) is 2.54. The van der Waals surface area contributed by atoms with Crippen LogP contribution in [0.2, 0.25) is 0 Å². The number of nitrogens with zero attached hydrogens (tertiary/aromatic N) is 1. The van der Waals surface area contributed by atoms with Crippen molar-refractivity contribution < 1.29 is 5.11 Å². The molecule has 1 aromatic heterocycles. The summed E-state index contributed by atoms with van der Waals surface area (Å²) < 4.78 is 0. The van der Waals surface area contributed by atoms with Crippen LogP contribution in [-0.2, 0) is 5.60 Å². The molecule has 2 N–H and O–H groups in total. The summed E-state index contributed by atoms with van der Waals surface area (Å²) in [4.78, 5) is 4.36. The van der Waals surface area contributed by atoms with Gasteiger partial charge in [-0.2, -0.15) is 0 Å². The molecule has 88 valence electrons. The van der Waals surface area contributed by atoms with E-state index in [4.69, 9.17) is 0 Å². The van der Waals surface area contributed by atoms with E-state index in [1.54, 1.807) is 6.20 Å². The molecule has 0 radical (unpaired) electrons. The average molecular weight is 220 g/mol. The summed E-state index contributed by atoms with van der Waals surface area (Å²) in [6.07, 6.45) is 4.33. The van der Waals surface area contributed by atoms with Crippen molar-refractivity contribution in [3.63, 3.8) is 0 Å². The molecule has 0 bridgehead atoms. The molecule has 0 aliphatic carbocycles. The number of piperidine rings is 1. The van der Waals surface area contributed by atoms with E-state index in [9.17, 15) is 5.11 Å². The van der Waals surface area contributed by atoms with Gasteiger partial charge in [-0.15, -0.1) is 0 Å². The molecule has 2 unspecified atom stereocenters. The minimum atomic E-state index is -0.739. The number of rotatable bonds is 2. The number of nitrogens with one attached hydrogen (secondary N) is 1. The monoisotopic (exact) mass is 220 g/mol. The van der Waals surface area contributed by atoms with Crippen LogP contribution in [0.1, 0.15) is 37.4 Å². The molecule has 16 heavy (non-hydrogen) atoms. The number of hydrogen-bond acceptors (Lipinski definition) is 3. The Kier molecular flexibility index (Phi) is 3.26. The van der Waals surface area contributed by atoms with Gasteiger partial charge in [-0.25, -0.2) is 0 Å². The van der Waals surface area contributed by atoms with Gasteiger partial charge < -0.3 is 10.4 Å². The van der Waals surface area contributed by atoms with E-state index in [2.05, 4.69) is 17.2 Å². The lowest BCUT2D eigenvalue weighted by molar-refractivity contribution is -0.0138. The molecular weight excluding hydrogens is 200 g/mol. The van der Waals surface area contributed by atoms with E-state index >= 15 is 0 Å². The minimum absolute atomic E-state index is 0.403. The Hall–Kier alpha value is -0.930. The van der Waals surface area contributed by atoms with Gasteiger partial charge in [0.1, 0.15) is 5.60 Å². The predicted octanol–water partition coefficient (Wildman–Crippen LogP) is 1.74. The standard InChI is InChI=1S/C13H20N2O/c1-3-11-9-13(16,6-8-14-11)12-10(2)5-4-7-15-12/h4-5,7,11,14,16H,3,6,8-9H2,1-2H3. The summed E-state index contributed by atoms with van der Waals surface area (Å²) in [5.41, 5.74) is 1.20. The van der Waals surface area contributed by atoms with Crippen LogP contribution < -0.4 is 5.32 Å². The van der Waals surface area contributed by atoms with Gasteiger partial charge in [0, 0.05) is 12.2 Å². The van der Waals surface area contributed by atoms with Crippen molar-refractivity contribution in [2.45, 2.75) is 44.8 Å². The summed E-state index contributed by atoms with van der Waals surface area (Å²) in [6, 6.07) is 4.34. The van der Waals surface area contributed by atoms with E-state index in [-0.39, 0.29) is 0 Å². The summed E-state index contributed by atoms with van der Waals surface area (Å²) in [6.45, 7) is 5.03. The quantitative estimate of drug-likeness (QED) is 0.798. The molecular formula is C13H20N2O. The third-order valence-electron chi connectivity index (χ3n) is 3.50. The Morgan fingerprint density at radius 3 is 3.12 bits per heavy atom. The van der Waals surface area contributed by atoms with E-state index in [1.165, 1.54) is 0 Å². The van der Waals surface area contributed by atoms with Crippen molar-refractivity contribution in [2.75, 3.05) is 6.54 Å². The highest BCUT2D eigenvalue weighted by Crippen LogP contribution is 2.33. The molecule has 1 aliphatic rings. The molecule has 0 amide bonds. The molecule has 1 fully saturated rings. The summed E-state index contributed by atoms with van der Waals surface area (Å²) in [7, 11) is 0. The molecule has 2 heterocycles. The van der Waals surface area contributed by atoms with Gasteiger partial charge >= 0.3 is 0 Å². The van der Waals surface area contributed by atoms with E-state index in [0.29, 0.717) is 6.04 Å². The smallest absolute Gasteiger partial charge is 0.109 e. The number of aliphatic hydroxyl groups is 1. The van der Waals surface area contributed by atoms with Gasteiger partial charge in [0.05, 0.1) is 5.69 Å². The third-order valence-corrected chi connectivity index (χ3v) is 3.50. The Bertz CT molecular complexity index is 367.